The SMILES string of the molecule is O=C(O)c1ccc(NS(=O)(=O)c2cccc(Cl)c2)nc1. The van der Waals surface area contributed by atoms with Crippen LogP contribution in [0.4, 0.5) is 5.82 Å². The molecule has 0 unspecified atom stereocenters. The average Bonchev–Trinajstić information content (AvgIpc) is 2.39. The first-order valence-corrected chi connectivity index (χ1v) is 7.22. The Bertz CT molecular complexity index is 744. The maximum Gasteiger partial charge on any atom is 0.337 e. The van der Waals surface area contributed by atoms with E-state index >= 15 is 0 Å². The standard InChI is InChI=1S/C12H9ClN2O4S/c13-9-2-1-3-10(6-9)20(18,19)15-11-5-4-8(7-14-11)12(16)17/h1-7H,(H,14,15)(H,16,17). The van der Waals surface area contributed by atoms with Gasteiger partial charge in [-0.25, -0.2) is 18.2 Å². The zero-order valence-corrected chi connectivity index (χ0v) is 11.5. The third-order valence-electron chi connectivity index (χ3n) is 2.36. The second kappa shape index (κ2) is 5.48. The third kappa shape index (κ3) is 3.25. The molecule has 2 aromatic rings. The van der Waals surface area contributed by atoms with Gasteiger partial charge in [0.15, 0.2) is 0 Å². The third-order valence-corrected chi connectivity index (χ3v) is 3.94. The Kier molecular flexibility index (Phi) is 3.91. The molecule has 8 heteroatoms. The molecule has 2 N–H and O–H groups in total. The molecule has 0 saturated carbocycles. The lowest BCUT2D eigenvalue weighted by Gasteiger charge is -2.07. The normalized spacial score (nSPS) is 11.1. The van der Waals surface area contributed by atoms with Crippen LogP contribution in [-0.4, -0.2) is 24.5 Å². The Morgan fingerprint density at radius 1 is 1.25 bits per heavy atom. The molecule has 0 bridgehead atoms. The molecule has 104 valence electrons. The van der Waals surface area contributed by atoms with Crippen LogP contribution in [0.5, 0.6) is 0 Å². The first kappa shape index (κ1) is 14.3. The maximum absolute atomic E-state index is 12.0. The summed E-state index contributed by atoms with van der Waals surface area (Å²) in [5, 5.41) is 9.02. The van der Waals surface area contributed by atoms with E-state index in [0.717, 1.165) is 6.20 Å². The minimum absolute atomic E-state index is 0.00545. The molecule has 6 nitrogen and oxygen atoms in total. The Labute approximate surface area is 120 Å². The number of benzene rings is 1. The van der Waals surface area contributed by atoms with Crippen molar-refractivity contribution >= 4 is 33.4 Å². The molecule has 1 aromatic heterocycles. The molecule has 0 radical (unpaired) electrons. The molecule has 0 fully saturated rings. The van der Waals surface area contributed by atoms with E-state index in [0.29, 0.717) is 5.02 Å². The largest absolute Gasteiger partial charge is 0.478 e. The fourth-order valence-electron chi connectivity index (χ4n) is 1.41. The summed E-state index contributed by atoms with van der Waals surface area (Å²) in [4.78, 5) is 14.4. The summed E-state index contributed by atoms with van der Waals surface area (Å²) in [5.41, 5.74) is -0.0318. The monoisotopic (exact) mass is 312 g/mol. The van der Waals surface area contributed by atoms with Crippen LogP contribution in [0.25, 0.3) is 0 Å². The highest BCUT2D eigenvalue weighted by molar-refractivity contribution is 7.92. The lowest BCUT2D eigenvalue weighted by Crippen LogP contribution is -2.14. The van der Waals surface area contributed by atoms with Gasteiger partial charge in [0.25, 0.3) is 10.0 Å². The lowest BCUT2D eigenvalue weighted by atomic mass is 10.3. The van der Waals surface area contributed by atoms with E-state index in [4.69, 9.17) is 16.7 Å². The van der Waals surface area contributed by atoms with E-state index in [1.165, 1.54) is 30.3 Å². The van der Waals surface area contributed by atoms with Crippen molar-refractivity contribution in [3.8, 4) is 0 Å². The van der Waals surface area contributed by atoms with Crippen LogP contribution in [0.1, 0.15) is 10.4 Å². The maximum atomic E-state index is 12.0. The molecule has 1 aromatic carbocycles. The van der Waals surface area contributed by atoms with Crippen LogP contribution in [0.15, 0.2) is 47.5 Å². The van der Waals surface area contributed by atoms with Gasteiger partial charge in [-0.2, -0.15) is 0 Å². The van der Waals surface area contributed by atoms with E-state index in [-0.39, 0.29) is 16.3 Å². The fraction of sp³-hybridized carbons (Fsp3) is 0. The molecule has 0 aliphatic heterocycles. The number of hydrogen-bond donors (Lipinski definition) is 2. The molecule has 2 rings (SSSR count). The second-order valence-electron chi connectivity index (χ2n) is 3.80. The second-order valence-corrected chi connectivity index (χ2v) is 5.92. The van der Waals surface area contributed by atoms with Gasteiger partial charge in [0.2, 0.25) is 0 Å². The molecule has 1 heterocycles. The number of aromatic nitrogens is 1. The van der Waals surface area contributed by atoms with Crippen LogP contribution in [0.3, 0.4) is 0 Å². The predicted molar refractivity (Wildman–Crippen MR) is 73.5 cm³/mol. The van der Waals surface area contributed by atoms with E-state index in [1.807, 2.05) is 0 Å². The Morgan fingerprint density at radius 3 is 2.55 bits per heavy atom. The van der Waals surface area contributed by atoms with E-state index < -0.39 is 16.0 Å². The number of nitrogens with one attached hydrogen (secondary N) is 1. The molecule has 0 atom stereocenters. The van der Waals surface area contributed by atoms with Crippen molar-refractivity contribution < 1.29 is 18.3 Å². The number of hydrogen-bond acceptors (Lipinski definition) is 4. The van der Waals surface area contributed by atoms with Crippen LogP contribution in [0.2, 0.25) is 5.02 Å². The fourth-order valence-corrected chi connectivity index (χ4v) is 2.72. The van der Waals surface area contributed by atoms with E-state index in [1.54, 1.807) is 6.07 Å². The van der Waals surface area contributed by atoms with E-state index in [2.05, 4.69) is 9.71 Å². The zero-order valence-electron chi connectivity index (χ0n) is 9.95. The summed E-state index contributed by atoms with van der Waals surface area (Å²) < 4.78 is 26.3. The van der Waals surface area contributed by atoms with Gasteiger partial charge >= 0.3 is 5.97 Å². The minimum Gasteiger partial charge on any atom is -0.478 e. The molecule has 0 aliphatic carbocycles. The van der Waals surface area contributed by atoms with Crippen molar-refractivity contribution in [3.63, 3.8) is 0 Å². The van der Waals surface area contributed by atoms with Crippen molar-refractivity contribution in [2.45, 2.75) is 4.90 Å². The zero-order chi connectivity index (χ0) is 14.8. The topological polar surface area (TPSA) is 96.4 Å². The number of anilines is 1. The number of rotatable bonds is 4. The van der Waals surface area contributed by atoms with E-state index in [9.17, 15) is 13.2 Å². The van der Waals surface area contributed by atoms with Gasteiger partial charge in [0.05, 0.1) is 10.5 Å². The Morgan fingerprint density at radius 2 is 2.00 bits per heavy atom. The quantitative estimate of drug-likeness (QED) is 0.902. The molecule has 20 heavy (non-hydrogen) atoms. The first-order chi connectivity index (χ1) is 9.38. The van der Waals surface area contributed by atoms with Crippen LogP contribution >= 0.6 is 11.6 Å². The highest BCUT2D eigenvalue weighted by Crippen LogP contribution is 2.18. The highest BCUT2D eigenvalue weighted by atomic mass is 35.5. The van der Waals surface area contributed by atoms with Crippen molar-refractivity contribution in [1.29, 1.82) is 0 Å². The first-order valence-electron chi connectivity index (χ1n) is 5.36. The molecular weight excluding hydrogens is 304 g/mol. The number of sulfonamides is 1. The van der Waals surface area contributed by atoms with Gasteiger partial charge in [-0.3, -0.25) is 4.72 Å². The van der Waals surface area contributed by atoms with Gasteiger partial charge < -0.3 is 5.11 Å². The summed E-state index contributed by atoms with van der Waals surface area (Å²) in [6.45, 7) is 0. The summed E-state index contributed by atoms with van der Waals surface area (Å²) in [6.07, 6.45) is 1.07. The molecule has 0 spiro atoms. The number of carboxylic acids is 1. The van der Waals surface area contributed by atoms with Crippen LogP contribution in [0, 0.1) is 0 Å². The summed E-state index contributed by atoms with van der Waals surface area (Å²) in [7, 11) is -3.81. The van der Waals surface area contributed by atoms with Crippen molar-refractivity contribution in [1.82, 2.24) is 4.98 Å². The van der Waals surface area contributed by atoms with Crippen LogP contribution < -0.4 is 4.72 Å². The summed E-state index contributed by atoms with van der Waals surface area (Å²) >= 11 is 5.74. The average molecular weight is 313 g/mol. The van der Waals surface area contributed by atoms with Gasteiger partial charge in [-0.15, -0.1) is 0 Å². The van der Waals surface area contributed by atoms with Gasteiger partial charge in [-0.1, -0.05) is 17.7 Å². The number of nitrogens with zero attached hydrogens (tertiary/aromatic N) is 1. The predicted octanol–water partition coefficient (Wildman–Crippen LogP) is 2.23. The van der Waals surface area contributed by atoms with Crippen LogP contribution in [-0.2, 0) is 10.0 Å². The van der Waals surface area contributed by atoms with Gasteiger partial charge in [0.1, 0.15) is 5.82 Å². The number of aromatic carboxylic acids is 1. The molecule has 0 amide bonds. The smallest absolute Gasteiger partial charge is 0.337 e. The number of pyridine rings is 1. The van der Waals surface area contributed by atoms with Crippen molar-refractivity contribution in [3.05, 3.63) is 53.2 Å². The minimum atomic E-state index is -3.81. The number of carbonyl (C=O) groups is 1. The molecule has 0 saturated heterocycles. The highest BCUT2D eigenvalue weighted by Gasteiger charge is 2.15. The summed E-state index contributed by atoms with van der Waals surface area (Å²) in [5.74, 6) is -1.11. The molecule has 0 aliphatic rings. The van der Waals surface area contributed by atoms with Gasteiger partial charge in [0, 0.05) is 11.2 Å². The lowest BCUT2D eigenvalue weighted by molar-refractivity contribution is 0.0696. The number of carboxylic acid groups (broad SMARTS) is 1. The van der Waals surface area contributed by atoms with Crippen molar-refractivity contribution in [2.24, 2.45) is 0 Å². The van der Waals surface area contributed by atoms with Crippen molar-refractivity contribution in [2.75, 3.05) is 4.72 Å². The summed E-state index contributed by atoms with van der Waals surface area (Å²) in [6, 6.07) is 8.28. The van der Waals surface area contributed by atoms with Gasteiger partial charge in [-0.05, 0) is 30.3 Å². The number of halogens is 1. The Balaban J connectivity index is 2.26. The molecular formula is C12H9ClN2O4S. The Hall–Kier alpha value is -2.12.